The normalized spacial score (nSPS) is 10.9. The lowest BCUT2D eigenvalue weighted by atomic mass is 10.1. The Balaban J connectivity index is 1.72. The molecule has 0 unspecified atom stereocenters. The van der Waals surface area contributed by atoms with E-state index >= 15 is 0 Å². The topological polar surface area (TPSA) is 98.0 Å². The van der Waals surface area contributed by atoms with Gasteiger partial charge in [-0.15, -0.1) is 10.2 Å². The van der Waals surface area contributed by atoms with Gasteiger partial charge in [-0.2, -0.15) is 0 Å². The number of aryl methyl sites for hydroxylation is 1. The molecule has 8 nitrogen and oxygen atoms in total. The van der Waals surface area contributed by atoms with E-state index in [-0.39, 0.29) is 11.6 Å². The maximum absolute atomic E-state index is 12.2. The highest BCUT2D eigenvalue weighted by Gasteiger charge is 2.31. The van der Waals surface area contributed by atoms with Gasteiger partial charge in [0.2, 0.25) is 11.6 Å². The number of aromatic nitrogens is 4. The van der Waals surface area contributed by atoms with E-state index in [0.29, 0.717) is 18.2 Å². The highest BCUT2D eigenvalue weighted by atomic mass is 16.5. The van der Waals surface area contributed by atoms with Gasteiger partial charge in [0.05, 0.1) is 6.61 Å². The van der Waals surface area contributed by atoms with E-state index in [1.165, 1.54) is 4.68 Å². The molecule has 0 amide bonds. The average Bonchev–Trinajstić information content (AvgIpc) is 3.30. The third kappa shape index (κ3) is 3.24. The van der Waals surface area contributed by atoms with Gasteiger partial charge in [0, 0.05) is 17.7 Å². The van der Waals surface area contributed by atoms with Crippen molar-refractivity contribution in [3.8, 4) is 34.5 Å². The summed E-state index contributed by atoms with van der Waals surface area (Å²) in [6.45, 7) is 4.48. The molecule has 0 spiro atoms. The molecule has 4 rings (SSSR count). The molecule has 4 aromatic rings. The highest BCUT2D eigenvalue weighted by Crippen LogP contribution is 2.22. The maximum atomic E-state index is 12.2. The molecule has 0 fully saturated rings. The van der Waals surface area contributed by atoms with Crippen LogP contribution >= 0.6 is 0 Å². The lowest BCUT2D eigenvalue weighted by molar-refractivity contribution is -0.660. The molecule has 27 heavy (non-hydrogen) atoms. The Morgan fingerprint density at radius 3 is 2.44 bits per heavy atom. The molecule has 136 valence electrons. The van der Waals surface area contributed by atoms with Crippen LogP contribution in [0.4, 0.5) is 0 Å². The molecule has 2 heterocycles. The summed E-state index contributed by atoms with van der Waals surface area (Å²) in [7, 11) is 0. The Kier molecular flexibility index (Phi) is 4.29. The van der Waals surface area contributed by atoms with Crippen molar-refractivity contribution in [2.24, 2.45) is 0 Å². The molecule has 2 aromatic carbocycles. The largest absolute Gasteiger partial charge is 0.494 e. The minimum absolute atomic E-state index is 0.0643. The molecule has 0 aliphatic rings. The van der Waals surface area contributed by atoms with Crippen molar-refractivity contribution < 1.29 is 18.4 Å². The zero-order chi connectivity index (χ0) is 18.8. The Hall–Kier alpha value is -3.68. The first kappa shape index (κ1) is 16.8. The van der Waals surface area contributed by atoms with Crippen LogP contribution in [0.15, 0.2) is 62.3 Å². The van der Waals surface area contributed by atoms with E-state index in [1.807, 2.05) is 38.1 Å². The van der Waals surface area contributed by atoms with E-state index in [2.05, 4.69) is 15.5 Å². The number of H-pyrrole nitrogens is 1. The number of nitrogens with one attached hydrogen (secondary N) is 1. The summed E-state index contributed by atoms with van der Waals surface area (Å²) in [5.74, 6) is 1.12. The number of benzene rings is 2. The summed E-state index contributed by atoms with van der Waals surface area (Å²) in [4.78, 5) is 12.2. The number of hydrogen-bond acceptors (Lipinski definition) is 6. The standard InChI is InChI=1S/C19H16N4O4/c1-3-25-15-10-8-14(9-11-15)23-16(19(24)27-22-23)18-21-20-17(26-18)13-6-4-12(2)5-7-13/h4-11H,3H2,1-2H3/p+1. The molecular formula is C19H17N4O4+. The van der Waals surface area contributed by atoms with Crippen LogP contribution in [-0.2, 0) is 0 Å². The van der Waals surface area contributed by atoms with Crippen LogP contribution in [0.5, 0.6) is 5.75 Å². The van der Waals surface area contributed by atoms with Gasteiger partial charge in [-0.05, 0) is 48.1 Å². The predicted octanol–water partition coefficient (Wildman–Crippen LogP) is 2.67. The lowest BCUT2D eigenvalue weighted by Gasteiger charge is -2.00. The van der Waals surface area contributed by atoms with Crippen molar-refractivity contribution >= 4 is 0 Å². The van der Waals surface area contributed by atoms with E-state index in [1.54, 1.807) is 24.3 Å². The number of hydrogen-bond donors (Lipinski definition) is 1. The van der Waals surface area contributed by atoms with E-state index in [0.717, 1.165) is 16.9 Å². The first-order valence-corrected chi connectivity index (χ1v) is 8.43. The molecule has 1 N–H and O–H groups in total. The zero-order valence-electron chi connectivity index (χ0n) is 14.8. The second-order valence-corrected chi connectivity index (χ2v) is 5.87. The Bertz CT molecular complexity index is 1110. The molecule has 0 saturated carbocycles. The smallest absolute Gasteiger partial charge is 0.441 e. The first-order valence-electron chi connectivity index (χ1n) is 8.43. The van der Waals surface area contributed by atoms with Gasteiger partial charge >= 0.3 is 17.2 Å². The van der Waals surface area contributed by atoms with Crippen LogP contribution in [0.1, 0.15) is 12.5 Å². The molecule has 0 bridgehead atoms. The van der Waals surface area contributed by atoms with Gasteiger partial charge in [0.25, 0.3) is 0 Å². The van der Waals surface area contributed by atoms with Crippen molar-refractivity contribution in [3.05, 3.63) is 64.5 Å². The van der Waals surface area contributed by atoms with Gasteiger partial charge in [-0.1, -0.05) is 17.7 Å². The Morgan fingerprint density at radius 1 is 1.04 bits per heavy atom. The number of rotatable bonds is 5. The minimum atomic E-state index is -0.608. The van der Waals surface area contributed by atoms with Crippen molar-refractivity contribution in [3.63, 3.8) is 0 Å². The summed E-state index contributed by atoms with van der Waals surface area (Å²) in [6.07, 6.45) is 0. The monoisotopic (exact) mass is 365 g/mol. The van der Waals surface area contributed by atoms with Crippen molar-refractivity contribution in [1.29, 1.82) is 0 Å². The van der Waals surface area contributed by atoms with Crippen LogP contribution < -0.4 is 15.0 Å². The van der Waals surface area contributed by atoms with E-state index < -0.39 is 5.63 Å². The first-order chi connectivity index (χ1) is 13.2. The number of ether oxygens (including phenoxy) is 1. The van der Waals surface area contributed by atoms with Crippen LogP contribution in [0.3, 0.4) is 0 Å². The molecule has 2 aromatic heterocycles. The third-order valence-electron chi connectivity index (χ3n) is 3.98. The van der Waals surface area contributed by atoms with Crippen LogP contribution in [0.25, 0.3) is 28.7 Å². The summed E-state index contributed by atoms with van der Waals surface area (Å²) in [5.41, 5.74) is 2.06. The summed E-state index contributed by atoms with van der Waals surface area (Å²) in [6, 6.07) is 14.8. The molecular weight excluding hydrogens is 348 g/mol. The quantitative estimate of drug-likeness (QED) is 0.546. The molecule has 0 aliphatic heterocycles. The SMILES string of the molecule is CCOc1ccc(-[n+]2[nH]oc(=O)c2-c2nnc(-c3ccc(C)cc3)o2)cc1. The minimum Gasteiger partial charge on any atom is -0.494 e. The highest BCUT2D eigenvalue weighted by molar-refractivity contribution is 5.55. The summed E-state index contributed by atoms with van der Waals surface area (Å²) >= 11 is 0. The van der Waals surface area contributed by atoms with E-state index in [9.17, 15) is 4.79 Å². The zero-order valence-corrected chi connectivity index (χ0v) is 14.8. The fraction of sp³-hybridized carbons (Fsp3) is 0.158. The van der Waals surface area contributed by atoms with Crippen molar-refractivity contribution in [1.82, 2.24) is 15.5 Å². The van der Waals surface area contributed by atoms with Crippen LogP contribution in [-0.4, -0.2) is 22.1 Å². The number of aromatic amines is 1. The molecule has 0 radical (unpaired) electrons. The van der Waals surface area contributed by atoms with E-state index in [4.69, 9.17) is 13.7 Å². The fourth-order valence-electron chi connectivity index (χ4n) is 2.63. The Labute approximate surface area is 154 Å². The van der Waals surface area contributed by atoms with Gasteiger partial charge < -0.3 is 9.15 Å². The molecule has 0 saturated heterocycles. The van der Waals surface area contributed by atoms with Crippen LogP contribution in [0.2, 0.25) is 0 Å². The van der Waals surface area contributed by atoms with Gasteiger partial charge in [-0.25, -0.2) is 4.79 Å². The van der Waals surface area contributed by atoms with Crippen molar-refractivity contribution in [2.75, 3.05) is 6.61 Å². The second-order valence-electron chi connectivity index (χ2n) is 5.87. The second kappa shape index (κ2) is 6.91. The lowest BCUT2D eigenvalue weighted by Crippen LogP contribution is -2.36. The van der Waals surface area contributed by atoms with Crippen molar-refractivity contribution in [2.45, 2.75) is 13.8 Å². The number of nitrogens with zero attached hydrogens (tertiary/aromatic N) is 3. The molecule has 0 atom stereocenters. The molecule has 8 heteroatoms. The average molecular weight is 365 g/mol. The van der Waals surface area contributed by atoms with Gasteiger partial charge in [0.15, 0.2) is 0 Å². The predicted molar refractivity (Wildman–Crippen MR) is 95.5 cm³/mol. The Morgan fingerprint density at radius 2 is 1.74 bits per heavy atom. The summed E-state index contributed by atoms with van der Waals surface area (Å²) < 4.78 is 17.5. The van der Waals surface area contributed by atoms with Gasteiger partial charge in [0.1, 0.15) is 5.75 Å². The summed E-state index contributed by atoms with van der Waals surface area (Å²) in [5, 5.41) is 10.6. The van der Waals surface area contributed by atoms with Gasteiger partial charge in [-0.3, -0.25) is 4.52 Å². The maximum Gasteiger partial charge on any atom is 0.441 e. The third-order valence-corrected chi connectivity index (χ3v) is 3.98. The van der Waals surface area contributed by atoms with Crippen LogP contribution in [0, 0.1) is 6.92 Å². The fourth-order valence-corrected chi connectivity index (χ4v) is 2.63. The molecule has 0 aliphatic carbocycles.